The Labute approximate surface area is 90.3 Å². The third-order valence-electron chi connectivity index (χ3n) is 2.36. The van der Waals surface area contributed by atoms with E-state index in [4.69, 9.17) is 0 Å². The molecule has 0 saturated heterocycles. The molecule has 2 nitrogen and oxygen atoms in total. The Bertz CT molecular complexity index is 367. The zero-order valence-corrected chi connectivity index (χ0v) is 9.25. The fraction of sp³-hybridized carbons (Fsp3) is 0.385. The van der Waals surface area contributed by atoms with Gasteiger partial charge in [-0.2, -0.15) is 0 Å². The lowest BCUT2D eigenvalue weighted by Crippen LogP contribution is -2.06. The van der Waals surface area contributed by atoms with E-state index in [1.54, 1.807) is 24.3 Å². The molecular weight excluding hydrogens is 188 g/mol. The molecule has 0 unspecified atom stereocenters. The lowest BCUT2D eigenvalue weighted by molar-refractivity contribution is 0.0959. The number of ketones is 2. The van der Waals surface area contributed by atoms with Crippen LogP contribution in [-0.4, -0.2) is 11.6 Å². The Morgan fingerprint density at radius 2 is 1.73 bits per heavy atom. The van der Waals surface area contributed by atoms with E-state index < -0.39 is 0 Å². The van der Waals surface area contributed by atoms with Crippen LogP contribution in [0.5, 0.6) is 0 Å². The minimum absolute atomic E-state index is 0.0459. The van der Waals surface area contributed by atoms with E-state index in [0.717, 1.165) is 12.8 Å². The van der Waals surface area contributed by atoms with E-state index in [-0.39, 0.29) is 11.6 Å². The molecular formula is C13H16O2. The van der Waals surface area contributed by atoms with Crippen LogP contribution in [0.3, 0.4) is 0 Å². The summed E-state index contributed by atoms with van der Waals surface area (Å²) in [5.74, 6) is 0.0260. The second kappa shape index (κ2) is 5.44. The van der Waals surface area contributed by atoms with Crippen LogP contribution in [0, 0.1) is 0 Å². The molecule has 0 bridgehead atoms. The number of rotatable bonds is 5. The Kier molecular flexibility index (Phi) is 4.22. The molecule has 0 aliphatic rings. The number of hydrogen-bond donors (Lipinski definition) is 0. The van der Waals surface area contributed by atoms with Crippen molar-refractivity contribution in [3.63, 3.8) is 0 Å². The lowest BCUT2D eigenvalue weighted by Gasteiger charge is -2.04. The van der Waals surface area contributed by atoms with E-state index in [1.807, 2.05) is 6.92 Å². The maximum Gasteiger partial charge on any atom is 0.163 e. The van der Waals surface area contributed by atoms with E-state index in [0.29, 0.717) is 17.5 Å². The summed E-state index contributed by atoms with van der Waals surface area (Å²) in [6.07, 6.45) is 2.40. The minimum atomic E-state index is -0.0459. The van der Waals surface area contributed by atoms with Gasteiger partial charge < -0.3 is 0 Å². The van der Waals surface area contributed by atoms with Gasteiger partial charge in [-0.15, -0.1) is 0 Å². The molecule has 0 N–H and O–H groups in total. The van der Waals surface area contributed by atoms with Crippen LogP contribution in [-0.2, 0) is 0 Å². The standard InChI is InChI=1S/C13H16O2/c1-3-4-9-13(15)12-8-6-5-7-11(12)10(2)14/h5-8H,3-4,9H2,1-2H3. The van der Waals surface area contributed by atoms with Crippen molar-refractivity contribution in [1.82, 2.24) is 0 Å². The van der Waals surface area contributed by atoms with Gasteiger partial charge in [-0.3, -0.25) is 9.59 Å². The largest absolute Gasteiger partial charge is 0.294 e. The molecule has 0 aliphatic heterocycles. The lowest BCUT2D eigenvalue weighted by atomic mass is 9.98. The number of benzene rings is 1. The molecule has 0 saturated carbocycles. The molecule has 0 heterocycles. The maximum atomic E-state index is 11.8. The number of hydrogen-bond acceptors (Lipinski definition) is 2. The summed E-state index contributed by atoms with van der Waals surface area (Å²) in [7, 11) is 0. The Morgan fingerprint density at radius 1 is 1.13 bits per heavy atom. The van der Waals surface area contributed by atoms with Crippen molar-refractivity contribution in [2.75, 3.05) is 0 Å². The first kappa shape index (κ1) is 11.6. The number of carbonyl (C=O) groups is 2. The van der Waals surface area contributed by atoms with Gasteiger partial charge in [0.1, 0.15) is 0 Å². The zero-order chi connectivity index (χ0) is 11.3. The number of unbranched alkanes of at least 4 members (excludes halogenated alkanes) is 1. The van der Waals surface area contributed by atoms with E-state index >= 15 is 0 Å². The summed E-state index contributed by atoms with van der Waals surface area (Å²) in [5, 5.41) is 0. The van der Waals surface area contributed by atoms with Gasteiger partial charge in [-0.25, -0.2) is 0 Å². The molecule has 0 fully saturated rings. The first-order valence-corrected chi connectivity index (χ1v) is 5.30. The van der Waals surface area contributed by atoms with Crippen LogP contribution < -0.4 is 0 Å². The van der Waals surface area contributed by atoms with Crippen LogP contribution in [0.1, 0.15) is 53.8 Å². The maximum absolute atomic E-state index is 11.8. The Hall–Kier alpha value is -1.44. The van der Waals surface area contributed by atoms with Crippen LogP contribution in [0.4, 0.5) is 0 Å². The summed E-state index contributed by atoms with van der Waals surface area (Å²) < 4.78 is 0. The van der Waals surface area contributed by atoms with Gasteiger partial charge in [0.05, 0.1) is 0 Å². The monoisotopic (exact) mass is 204 g/mol. The van der Waals surface area contributed by atoms with Crippen molar-refractivity contribution < 1.29 is 9.59 Å². The van der Waals surface area contributed by atoms with Gasteiger partial charge in [0.2, 0.25) is 0 Å². The predicted octanol–water partition coefficient (Wildman–Crippen LogP) is 3.26. The Morgan fingerprint density at radius 3 is 2.27 bits per heavy atom. The highest BCUT2D eigenvalue weighted by atomic mass is 16.1. The minimum Gasteiger partial charge on any atom is -0.294 e. The fourth-order valence-electron chi connectivity index (χ4n) is 1.51. The van der Waals surface area contributed by atoms with Crippen molar-refractivity contribution in [2.45, 2.75) is 33.1 Å². The predicted molar refractivity (Wildman–Crippen MR) is 60.3 cm³/mol. The average molecular weight is 204 g/mol. The molecule has 0 radical (unpaired) electrons. The summed E-state index contributed by atoms with van der Waals surface area (Å²) >= 11 is 0. The second-order valence-corrected chi connectivity index (χ2v) is 3.63. The van der Waals surface area contributed by atoms with Crippen molar-refractivity contribution in [3.05, 3.63) is 35.4 Å². The van der Waals surface area contributed by atoms with Gasteiger partial charge in [0.25, 0.3) is 0 Å². The van der Waals surface area contributed by atoms with Gasteiger partial charge >= 0.3 is 0 Å². The van der Waals surface area contributed by atoms with Gasteiger partial charge in [-0.05, 0) is 13.3 Å². The van der Waals surface area contributed by atoms with Crippen molar-refractivity contribution in [1.29, 1.82) is 0 Å². The summed E-state index contributed by atoms with van der Waals surface area (Å²) in [6.45, 7) is 3.54. The van der Waals surface area contributed by atoms with Gasteiger partial charge in [0, 0.05) is 17.5 Å². The molecule has 0 amide bonds. The highest BCUT2D eigenvalue weighted by Crippen LogP contribution is 2.13. The number of Topliss-reactive ketones (excluding diaryl/α,β-unsaturated/α-hetero) is 2. The van der Waals surface area contributed by atoms with Crippen LogP contribution in [0.2, 0.25) is 0 Å². The van der Waals surface area contributed by atoms with E-state index in [2.05, 4.69) is 0 Å². The zero-order valence-electron chi connectivity index (χ0n) is 9.25. The third kappa shape index (κ3) is 3.01. The smallest absolute Gasteiger partial charge is 0.163 e. The molecule has 1 aromatic carbocycles. The summed E-state index contributed by atoms with van der Waals surface area (Å²) in [4.78, 5) is 23.1. The van der Waals surface area contributed by atoms with Gasteiger partial charge in [0.15, 0.2) is 11.6 Å². The molecule has 2 heteroatoms. The van der Waals surface area contributed by atoms with Crippen molar-refractivity contribution in [2.24, 2.45) is 0 Å². The molecule has 0 spiro atoms. The Balaban J connectivity index is 2.92. The molecule has 0 aromatic heterocycles. The van der Waals surface area contributed by atoms with E-state index in [1.165, 1.54) is 6.92 Å². The summed E-state index contributed by atoms with van der Waals surface area (Å²) in [6, 6.07) is 7.02. The average Bonchev–Trinajstić information content (AvgIpc) is 2.25. The summed E-state index contributed by atoms with van der Waals surface area (Å²) in [5.41, 5.74) is 1.11. The van der Waals surface area contributed by atoms with Crippen molar-refractivity contribution >= 4 is 11.6 Å². The first-order chi connectivity index (χ1) is 7.16. The third-order valence-corrected chi connectivity index (χ3v) is 2.36. The van der Waals surface area contributed by atoms with Crippen molar-refractivity contribution in [3.8, 4) is 0 Å². The molecule has 0 atom stereocenters. The molecule has 80 valence electrons. The SMILES string of the molecule is CCCCC(=O)c1ccccc1C(C)=O. The normalized spacial score (nSPS) is 10.0. The highest BCUT2D eigenvalue weighted by Gasteiger charge is 2.12. The number of carbonyl (C=O) groups excluding carboxylic acids is 2. The highest BCUT2D eigenvalue weighted by molar-refractivity contribution is 6.07. The van der Waals surface area contributed by atoms with Gasteiger partial charge in [-0.1, -0.05) is 37.6 Å². The quantitative estimate of drug-likeness (QED) is 0.690. The molecule has 1 aromatic rings. The van der Waals surface area contributed by atoms with Crippen LogP contribution in [0.15, 0.2) is 24.3 Å². The van der Waals surface area contributed by atoms with Crippen LogP contribution >= 0.6 is 0 Å². The van der Waals surface area contributed by atoms with Crippen LogP contribution in [0.25, 0.3) is 0 Å². The van der Waals surface area contributed by atoms with E-state index in [9.17, 15) is 9.59 Å². The molecule has 1 rings (SSSR count). The first-order valence-electron chi connectivity index (χ1n) is 5.30. The fourth-order valence-corrected chi connectivity index (χ4v) is 1.51. The second-order valence-electron chi connectivity index (χ2n) is 3.63. The molecule has 15 heavy (non-hydrogen) atoms. The molecule has 0 aliphatic carbocycles. The topological polar surface area (TPSA) is 34.1 Å².